The standard InChI is InChI=1S/C7H15N3.2ClH/c8-6(9)7(10)4-2-1-3-5-7;;/h1-5,10H2,(H3,8,9);2*1H. The van der Waals surface area contributed by atoms with Crippen LogP contribution in [0.4, 0.5) is 0 Å². The molecule has 5 heteroatoms. The van der Waals surface area contributed by atoms with E-state index in [9.17, 15) is 0 Å². The van der Waals surface area contributed by atoms with E-state index in [0.717, 1.165) is 25.7 Å². The van der Waals surface area contributed by atoms with E-state index in [4.69, 9.17) is 16.9 Å². The van der Waals surface area contributed by atoms with Gasteiger partial charge in [-0.25, -0.2) is 0 Å². The van der Waals surface area contributed by atoms with Crippen LogP contribution >= 0.6 is 24.8 Å². The molecule has 0 aromatic heterocycles. The molecule has 1 saturated carbocycles. The molecule has 0 atom stereocenters. The number of hydrogen-bond acceptors (Lipinski definition) is 2. The maximum absolute atomic E-state index is 7.24. The summed E-state index contributed by atoms with van der Waals surface area (Å²) in [5.74, 6) is 0.159. The van der Waals surface area contributed by atoms with Crippen LogP contribution in [0.25, 0.3) is 0 Å². The first kappa shape index (κ1) is 14.5. The molecule has 0 saturated heterocycles. The van der Waals surface area contributed by atoms with Gasteiger partial charge >= 0.3 is 0 Å². The normalized spacial score (nSPS) is 20.1. The maximum Gasteiger partial charge on any atom is 0.111 e. The zero-order valence-electron chi connectivity index (χ0n) is 7.01. The van der Waals surface area contributed by atoms with E-state index in [-0.39, 0.29) is 30.6 Å². The smallest absolute Gasteiger partial charge is 0.111 e. The van der Waals surface area contributed by atoms with Gasteiger partial charge in [0.1, 0.15) is 5.84 Å². The zero-order chi connectivity index (χ0) is 7.61. The molecule has 1 rings (SSSR count). The second-order valence-electron chi connectivity index (χ2n) is 3.13. The predicted octanol–water partition coefficient (Wildman–Crippen LogP) is 1.43. The lowest BCUT2D eigenvalue weighted by Gasteiger charge is -2.31. The van der Waals surface area contributed by atoms with Crippen LogP contribution in [0.15, 0.2) is 0 Å². The topological polar surface area (TPSA) is 75.9 Å². The quantitative estimate of drug-likeness (QED) is 0.456. The number of rotatable bonds is 1. The Labute approximate surface area is 85.6 Å². The highest BCUT2D eigenvalue weighted by Crippen LogP contribution is 2.25. The molecule has 0 bridgehead atoms. The average molecular weight is 214 g/mol. The highest BCUT2D eigenvalue weighted by Gasteiger charge is 2.30. The summed E-state index contributed by atoms with van der Waals surface area (Å²) in [7, 11) is 0. The SMILES string of the molecule is Cl.Cl.N=C(N)C1(N)CCCCC1. The van der Waals surface area contributed by atoms with Crippen LogP contribution in [0, 0.1) is 5.41 Å². The summed E-state index contributed by atoms with van der Waals surface area (Å²) in [5, 5.41) is 7.24. The Morgan fingerprint density at radius 2 is 1.50 bits per heavy atom. The lowest BCUT2D eigenvalue weighted by Crippen LogP contribution is -2.52. The molecular weight excluding hydrogens is 197 g/mol. The molecule has 0 unspecified atom stereocenters. The summed E-state index contributed by atoms with van der Waals surface area (Å²) >= 11 is 0. The Morgan fingerprint density at radius 3 is 1.75 bits per heavy atom. The van der Waals surface area contributed by atoms with Gasteiger partial charge in [-0.05, 0) is 12.8 Å². The van der Waals surface area contributed by atoms with Crippen LogP contribution < -0.4 is 11.5 Å². The molecule has 0 amide bonds. The minimum absolute atomic E-state index is 0. The predicted molar refractivity (Wildman–Crippen MR) is 56.4 cm³/mol. The van der Waals surface area contributed by atoms with Crippen molar-refractivity contribution in [2.45, 2.75) is 37.6 Å². The van der Waals surface area contributed by atoms with Crippen molar-refractivity contribution in [1.29, 1.82) is 5.41 Å². The third kappa shape index (κ3) is 3.17. The van der Waals surface area contributed by atoms with Gasteiger partial charge in [-0.2, -0.15) is 0 Å². The summed E-state index contributed by atoms with van der Waals surface area (Å²) in [4.78, 5) is 0. The molecule has 0 heterocycles. The van der Waals surface area contributed by atoms with E-state index in [2.05, 4.69) is 0 Å². The van der Waals surface area contributed by atoms with E-state index in [1.807, 2.05) is 0 Å². The van der Waals surface area contributed by atoms with E-state index in [0.29, 0.717) is 0 Å². The third-order valence-electron chi connectivity index (χ3n) is 2.28. The molecule has 1 aliphatic rings. The largest absolute Gasteiger partial charge is 0.386 e. The third-order valence-corrected chi connectivity index (χ3v) is 2.28. The van der Waals surface area contributed by atoms with Crippen LogP contribution in [0.2, 0.25) is 0 Å². The number of nitrogens with one attached hydrogen (secondary N) is 1. The highest BCUT2D eigenvalue weighted by atomic mass is 35.5. The lowest BCUT2D eigenvalue weighted by molar-refractivity contribution is 0.377. The Kier molecular flexibility index (Phi) is 6.81. The number of halogens is 2. The summed E-state index contributed by atoms with van der Waals surface area (Å²) in [6.07, 6.45) is 5.27. The minimum atomic E-state index is -0.460. The van der Waals surface area contributed by atoms with Crippen LogP contribution in [-0.2, 0) is 0 Å². The molecule has 5 N–H and O–H groups in total. The lowest BCUT2D eigenvalue weighted by atomic mass is 9.82. The van der Waals surface area contributed by atoms with Crippen molar-refractivity contribution in [1.82, 2.24) is 0 Å². The molecule has 1 fully saturated rings. The van der Waals surface area contributed by atoms with Gasteiger partial charge in [-0.3, -0.25) is 5.41 Å². The van der Waals surface area contributed by atoms with Crippen molar-refractivity contribution < 1.29 is 0 Å². The molecule has 0 aromatic carbocycles. The minimum Gasteiger partial charge on any atom is -0.386 e. The Hall–Kier alpha value is 0.01000. The van der Waals surface area contributed by atoms with Crippen molar-refractivity contribution in [2.75, 3.05) is 0 Å². The molecule has 0 aromatic rings. The molecule has 74 valence electrons. The first-order chi connectivity index (χ1) is 4.65. The fourth-order valence-corrected chi connectivity index (χ4v) is 1.45. The Morgan fingerprint density at radius 1 is 1.08 bits per heavy atom. The van der Waals surface area contributed by atoms with Crippen LogP contribution in [0.3, 0.4) is 0 Å². The second-order valence-corrected chi connectivity index (χ2v) is 3.13. The van der Waals surface area contributed by atoms with E-state index in [1.165, 1.54) is 6.42 Å². The molecule has 3 nitrogen and oxygen atoms in total. The fraction of sp³-hybridized carbons (Fsp3) is 0.857. The monoisotopic (exact) mass is 213 g/mol. The van der Waals surface area contributed by atoms with Crippen molar-refractivity contribution in [3.05, 3.63) is 0 Å². The summed E-state index contributed by atoms with van der Waals surface area (Å²) in [5.41, 5.74) is 10.8. The van der Waals surface area contributed by atoms with Gasteiger partial charge in [0.25, 0.3) is 0 Å². The first-order valence-electron chi connectivity index (χ1n) is 3.78. The van der Waals surface area contributed by atoms with Gasteiger partial charge in [0.05, 0.1) is 5.54 Å². The Balaban J connectivity index is 0. The van der Waals surface area contributed by atoms with Gasteiger partial charge in [0.2, 0.25) is 0 Å². The number of nitrogens with two attached hydrogens (primary N) is 2. The molecule has 1 aliphatic carbocycles. The van der Waals surface area contributed by atoms with E-state index >= 15 is 0 Å². The van der Waals surface area contributed by atoms with Crippen molar-refractivity contribution >= 4 is 30.6 Å². The average Bonchev–Trinajstić information content (AvgIpc) is 1.89. The van der Waals surface area contributed by atoms with Gasteiger partial charge < -0.3 is 11.5 Å². The molecule has 0 spiro atoms. The molecule has 0 radical (unpaired) electrons. The molecule has 0 aliphatic heterocycles. The number of hydrogen-bond donors (Lipinski definition) is 3. The van der Waals surface area contributed by atoms with Gasteiger partial charge in [-0.1, -0.05) is 19.3 Å². The van der Waals surface area contributed by atoms with Crippen LogP contribution in [-0.4, -0.2) is 11.4 Å². The second kappa shape index (κ2) is 5.62. The van der Waals surface area contributed by atoms with E-state index < -0.39 is 5.54 Å². The highest BCUT2D eigenvalue weighted by molar-refractivity contribution is 5.87. The van der Waals surface area contributed by atoms with E-state index in [1.54, 1.807) is 0 Å². The number of amidine groups is 1. The van der Waals surface area contributed by atoms with Crippen molar-refractivity contribution in [3.63, 3.8) is 0 Å². The van der Waals surface area contributed by atoms with Crippen molar-refractivity contribution in [3.8, 4) is 0 Å². The van der Waals surface area contributed by atoms with Gasteiger partial charge in [-0.15, -0.1) is 24.8 Å². The summed E-state index contributed by atoms with van der Waals surface area (Å²) in [6.45, 7) is 0. The fourth-order valence-electron chi connectivity index (χ4n) is 1.45. The molecular formula is C7H17Cl2N3. The Bertz CT molecular complexity index is 144. The van der Waals surface area contributed by atoms with Gasteiger partial charge in [0, 0.05) is 0 Å². The molecule has 12 heavy (non-hydrogen) atoms. The van der Waals surface area contributed by atoms with Crippen molar-refractivity contribution in [2.24, 2.45) is 11.5 Å². The maximum atomic E-state index is 7.24. The van der Waals surface area contributed by atoms with Gasteiger partial charge in [0.15, 0.2) is 0 Å². The van der Waals surface area contributed by atoms with Crippen LogP contribution in [0.1, 0.15) is 32.1 Å². The summed E-state index contributed by atoms with van der Waals surface area (Å²) < 4.78 is 0. The summed E-state index contributed by atoms with van der Waals surface area (Å²) in [6, 6.07) is 0. The first-order valence-corrected chi connectivity index (χ1v) is 3.78. The zero-order valence-corrected chi connectivity index (χ0v) is 8.64. The van der Waals surface area contributed by atoms with Crippen LogP contribution in [0.5, 0.6) is 0 Å².